The highest BCUT2D eigenvalue weighted by Gasteiger charge is 2.45. The van der Waals surface area contributed by atoms with E-state index in [1.807, 2.05) is 16.3 Å². The van der Waals surface area contributed by atoms with Crippen LogP contribution in [0.1, 0.15) is 18.5 Å². The zero-order chi connectivity index (χ0) is 19.7. The van der Waals surface area contributed by atoms with Crippen LogP contribution in [0.2, 0.25) is 0 Å². The van der Waals surface area contributed by atoms with E-state index in [1.54, 1.807) is 6.21 Å². The maximum atomic E-state index is 13.4. The molecule has 0 spiro atoms. The van der Waals surface area contributed by atoms with Gasteiger partial charge in [0.15, 0.2) is 5.69 Å². The van der Waals surface area contributed by atoms with Crippen molar-refractivity contribution in [2.24, 2.45) is 12.0 Å². The molecule has 1 unspecified atom stereocenters. The number of fused-ring (bicyclic) bond motifs is 1. The molecular weight excluding hydrogens is 388 g/mol. The minimum atomic E-state index is -2.79. The standard InChI is InChI=1S/C17H21F2N7OS/c1-25-9-12(13(24-25)14(18)19)22-16(27)17(26-6-2-4-20-5-7-26)10-21-15-11(23-17)3-8-28-15/h3,8-10,14,20,23H,2,4-7H2,1H3,(H,22,27). The van der Waals surface area contributed by atoms with E-state index >= 15 is 0 Å². The Morgan fingerprint density at radius 3 is 3.07 bits per heavy atom. The molecule has 4 heterocycles. The topological polar surface area (TPSA) is 86.6 Å². The van der Waals surface area contributed by atoms with Crippen molar-refractivity contribution >= 4 is 39.8 Å². The van der Waals surface area contributed by atoms with E-state index in [1.165, 1.54) is 29.3 Å². The van der Waals surface area contributed by atoms with Gasteiger partial charge in [0.2, 0.25) is 5.66 Å². The van der Waals surface area contributed by atoms with Crippen molar-refractivity contribution in [3.63, 3.8) is 0 Å². The van der Waals surface area contributed by atoms with Crippen molar-refractivity contribution in [2.75, 3.05) is 36.8 Å². The molecule has 1 amide bonds. The number of halogens is 2. The molecule has 3 N–H and O–H groups in total. The van der Waals surface area contributed by atoms with E-state index in [2.05, 4.69) is 26.0 Å². The summed E-state index contributed by atoms with van der Waals surface area (Å²) in [6.07, 6.45) is 1.03. The largest absolute Gasteiger partial charge is 0.352 e. The summed E-state index contributed by atoms with van der Waals surface area (Å²) in [5, 5.41) is 15.7. The molecule has 8 nitrogen and oxygen atoms in total. The Balaban J connectivity index is 1.68. The van der Waals surface area contributed by atoms with Crippen LogP contribution in [0.3, 0.4) is 0 Å². The van der Waals surface area contributed by atoms with Crippen LogP contribution in [0, 0.1) is 0 Å². The van der Waals surface area contributed by atoms with Gasteiger partial charge in [0, 0.05) is 32.9 Å². The Bertz CT molecular complexity index is 888. The van der Waals surface area contributed by atoms with Gasteiger partial charge in [-0.15, -0.1) is 11.3 Å². The van der Waals surface area contributed by atoms with E-state index in [0.717, 1.165) is 30.2 Å². The lowest BCUT2D eigenvalue weighted by Gasteiger charge is -2.41. The number of hydrogen-bond donors (Lipinski definition) is 3. The molecule has 2 aromatic heterocycles. The number of hydrogen-bond acceptors (Lipinski definition) is 7. The molecule has 11 heteroatoms. The van der Waals surface area contributed by atoms with Gasteiger partial charge in [-0.1, -0.05) is 0 Å². The van der Waals surface area contributed by atoms with Crippen molar-refractivity contribution in [3.8, 4) is 0 Å². The van der Waals surface area contributed by atoms with Crippen LogP contribution in [0.25, 0.3) is 0 Å². The normalized spacial score (nSPS) is 22.6. The monoisotopic (exact) mass is 409 g/mol. The Morgan fingerprint density at radius 1 is 1.39 bits per heavy atom. The van der Waals surface area contributed by atoms with Crippen molar-refractivity contribution in [3.05, 3.63) is 23.3 Å². The van der Waals surface area contributed by atoms with Gasteiger partial charge < -0.3 is 16.0 Å². The fraction of sp³-hybridized carbons (Fsp3) is 0.471. The first-order valence-electron chi connectivity index (χ1n) is 8.99. The second-order valence-electron chi connectivity index (χ2n) is 6.74. The summed E-state index contributed by atoms with van der Waals surface area (Å²) in [5.74, 6) is -0.468. The van der Waals surface area contributed by atoms with Gasteiger partial charge in [0.1, 0.15) is 5.00 Å². The van der Waals surface area contributed by atoms with Gasteiger partial charge in [-0.3, -0.25) is 14.4 Å². The Morgan fingerprint density at radius 2 is 2.25 bits per heavy atom. The van der Waals surface area contributed by atoms with E-state index in [4.69, 9.17) is 0 Å². The molecule has 150 valence electrons. The Labute approximate surface area is 164 Å². The molecular formula is C17H21F2N7OS. The third-order valence-corrected chi connectivity index (χ3v) is 5.66. The summed E-state index contributed by atoms with van der Waals surface area (Å²) in [5.41, 5.74) is -0.969. The molecule has 4 rings (SSSR count). The van der Waals surface area contributed by atoms with Gasteiger partial charge in [-0.2, -0.15) is 5.10 Å². The van der Waals surface area contributed by atoms with Crippen LogP contribution < -0.4 is 16.0 Å². The number of anilines is 2. The van der Waals surface area contributed by atoms with Crippen molar-refractivity contribution in [2.45, 2.75) is 18.5 Å². The third-order valence-electron chi connectivity index (χ3n) is 4.84. The van der Waals surface area contributed by atoms with Crippen LogP contribution >= 0.6 is 11.3 Å². The smallest absolute Gasteiger partial charge is 0.284 e. The van der Waals surface area contributed by atoms with Gasteiger partial charge in [0.25, 0.3) is 12.3 Å². The third kappa shape index (κ3) is 3.40. The highest BCUT2D eigenvalue weighted by molar-refractivity contribution is 7.14. The minimum absolute atomic E-state index is 0.00105. The first-order valence-corrected chi connectivity index (χ1v) is 9.87. The number of aliphatic imine (C=N–C) groups is 1. The quantitative estimate of drug-likeness (QED) is 0.721. The molecule has 2 aromatic rings. The summed E-state index contributed by atoms with van der Waals surface area (Å²) in [7, 11) is 1.54. The number of amides is 1. The molecule has 1 fully saturated rings. The molecule has 2 aliphatic heterocycles. The number of carbonyl (C=O) groups is 1. The number of rotatable bonds is 4. The molecule has 0 aliphatic carbocycles. The predicted molar refractivity (Wildman–Crippen MR) is 105 cm³/mol. The molecule has 1 saturated heterocycles. The number of aryl methyl sites for hydroxylation is 1. The van der Waals surface area contributed by atoms with Gasteiger partial charge in [0.05, 0.1) is 17.6 Å². The van der Waals surface area contributed by atoms with Crippen molar-refractivity contribution < 1.29 is 13.6 Å². The summed E-state index contributed by atoms with van der Waals surface area (Å²) < 4.78 is 27.9. The first kappa shape index (κ1) is 19.0. The molecule has 2 aliphatic rings. The average Bonchev–Trinajstić information content (AvgIpc) is 3.17. The van der Waals surface area contributed by atoms with Gasteiger partial charge in [-0.25, -0.2) is 13.8 Å². The number of thiophene rings is 1. The van der Waals surface area contributed by atoms with Gasteiger partial charge >= 0.3 is 0 Å². The fourth-order valence-electron chi connectivity index (χ4n) is 3.48. The van der Waals surface area contributed by atoms with E-state index in [-0.39, 0.29) is 5.69 Å². The summed E-state index contributed by atoms with van der Waals surface area (Å²) in [6.45, 7) is 2.84. The van der Waals surface area contributed by atoms with Crippen molar-refractivity contribution in [1.29, 1.82) is 0 Å². The molecule has 0 radical (unpaired) electrons. The fourth-order valence-corrected chi connectivity index (χ4v) is 4.18. The lowest BCUT2D eigenvalue weighted by Crippen LogP contribution is -2.64. The zero-order valence-corrected chi connectivity index (χ0v) is 16.1. The number of alkyl halides is 2. The predicted octanol–water partition coefficient (Wildman–Crippen LogP) is 2.18. The SMILES string of the molecule is Cn1cc(NC(=O)C2(N3CCCNCC3)C=Nc3sccc3N2)c(C(F)F)n1. The lowest BCUT2D eigenvalue weighted by molar-refractivity contribution is -0.122. The maximum Gasteiger partial charge on any atom is 0.284 e. The van der Waals surface area contributed by atoms with Gasteiger partial charge in [-0.05, 0) is 24.4 Å². The lowest BCUT2D eigenvalue weighted by atomic mass is 10.1. The van der Waals surface area contributed by atoms with E-state index < -0.39 is 23.7 Å². The molecule has 0 saturated carbocycles. The second-order valence-corrected chi connectivity index (χ2v) is 7.63. The van der Waals surface area contributed by atoms with E-state index in [9.17, 15) is 13.6 Å². The molecule has 1 atom stereocenters. The number of aromatic nitrogens is 2. The van der Waals surface area contributed by atoms with Crippen LogP contribution in [-0.2, 0) is 11.8 Å². The Hall–Kier alpha value is -2.37. The number of nitrogens with one attached hydrogen (secondary N) is 3. The number of carbonyl (C=O) groups excluding carboxylic acids is 1. The highest BCUT2D eigenvalue weighted by Crippen LogP contribution is 2.38. The Kier molecular flexibility index (Phi) is 5.13. The van der Waals surface area contributed by atoms with Crippen LogP contribution in [-0.4, -0.2) is 58.6 Å². The second kappa shape index (κ2) is 7.57. The zero-order valence-electron chi connectivity index (χ0n) is 15.3. The summed E-state index contributed by atoms with van der Waals surface area (Å²) in [4.78, 5) is 19.9. The van der Waals surface area contributed by atoms with Crippen LogP contribution in [0.15, 0.2) is 22.6 Å². The maximum absolute atomic E-state index is 13.4. The van der Waals surface area contributed by atoms with Crippen LogP contribution in [0.5, 0.6) is 0 Å². The summed E-state index contributed by atoms with van der Waals surface area (Å²) in [6, 6.07) is 1.86. The molecule has 0 aromatic carbocycles. The van der Waals surface area contributed by atoms with Crippen molar-refractivity contribution in [1.82, 2.24) is 20.0 Å². The molecule has 0 bridgehead atoms. The molecule has 28 heavy (non-hydrogen) atoms. The minimum Gasteiger partial charge on any atom is -0.352 e. The first-order chi connectivity index (χ1) is 13.5. The number of nitrogens with zero attached hydrogens (tertiary/aromatic N) is 4. The average molecular weight is 409 g/mol. The summed E-state index contributed by atoms with van der Waals surface area (Å²) >= 11 is 1.47. The van der Waals surface area contributed by atoms with Crippen LogP contribution in [0.4, 0.5) is 25.2 Å². The highest BCUT2D eigenvalue weighted by atomic mass is 32.1. The van der Waals surface area contributed by atoms with E-state index in [0.29, 0.717) is 13.1 Å².